The van der Waals surface area contributed by atoms with Crippen LogP contribution in [0.4, 0.5) is 0 Å². The molecule has 7 heteroatoms. The molecule has 1 aromatic heterocycles. The van der Waals surface area contributed by atoms with Gasteiger partial charge in [0.05, 0.1) is 5.69 Å². The Hall–Kier alpha value is -2.33. The van der Waals surface area contributed by atoms with Gasteiger partial charge in [-0.1, -0.05) is 48.2 Å². The lowest BCUT2D eigenvalue weighted by Gasteiger charge is -2.18. The van der Waals surface area contributed by atoms with Gasteiger partial charge < -0.3 is 10.2 Å². The van der Waals surface area contributed by atoms with Crippen LogP contribution in [0, 0.1) is 6.92 Å². The first kappa shape index (κ1) is 22.0. The third kappa shape index (κ3) is 4.56. The summed E-state index contributed by atoms with van der Waals surface area (Å²) in [5.41, 5.74) is 6.35. The SMILES string of the molecule is Bc1c(B)c(-c2cnc(C(=C)C/C=C\C(Cl)=C/CC)cc2C)c(O)c(B)c1O. The number of phenols is 2. The Morgan fingerprint density at radius 2 is 1.86 bits per heavy atom. The van der Waals surface area contributed by atoms with Crippen LogP contribution in [0.3, 0.4) is 0 Å². The van der Waals surface area contributed by atoms with Crippen molar-refractivity contribution in [2.75, 3.05) is 0 Å². The molecule has 0 atom stereocenters. The molecule has 0 saturated carbocycles. The van der Waals surface area contributed by atoms with Crippen molar-refractivity contribution >= 4 is 57.1 Å². The average molecular weight is 391 g/mol. The molecule has 1 heterocycles. The normalized spacial score (nSPS) is 11.9. The van der Waals surface area contributed by atoms with Gasteiger partial charge in [0.1, 0.15) is 35.0 Å². The number of aromatic nitrogens is 1. The second-order valence-electron chi connectivity index (χ2n) is 7.04. The largest absolute Gasteiger partial charge is 0.509 e. The highest BCUT2D eigenvalue weighted by Crippen LogP contribution is 2.30. The molecule has 2 rings (SSSR count). The summed E-state index contributed by atoms with van der Waals surface area (Å²) < 4.78 is 0. The highest BCUT2D eigenvalue weighted by Gasteiger charge is 2.19. The van der Waals surface area contributed by atoms with Gasteiger partial charge in [-0.3, -0.25) is 4.98 Å². The third-order valence-electron chi connectivity index (χ3n) is 5.02. The van der Waals surface area contributed by atoms with E-state index in [1.54, 1.807) is 14.0 Å². The highest BCUT2D eigenvalue weighted by molar-refractivity contribution is 6.55. The van der Waals surface area contributed by atoms with Crippen molar-refractivity contribution in [1.82, 2.24) is 4.98 Å². The summed E-state index contributed by atoms with van der Waals surface area (Å²) in [5.74, 6) is 0.231. The van der Waals surface area contributed by atoms with Gasteiger partial charge in [0, 0.05) is 22.4 Å². The number of halogens is 1. The number of allylic oxidation sites excluding steroid dienone is 5. The monoisotopic (exact) mass is 391 g/mol. The summed E-state index contributed by atoms with van der Waals surface area (Å²) in [6.07, 6.45) is 9.12. The van der Waals surface area contributed by atoms with E-state index in [1.165, 1.54) is 0 Å². The minimum absolute atomic E-state index is 0.0948. The van der Waals surface area contributed by atoms with E-state index in [0.29, 0.717) is 17.4 Å². The molecule has 1 aromatic carbocycles. The lowest BCUT2D eigenvalue weighted by molar-refractivity contribution is 0.463. The minimum Gasteiger partial charge on any atom is -0.509 e. The van der Waals surface area contributed by atoms with Crippen molar-refractivity contribution in [2.24, 2.45) is 0 Å². The van der Waals surface area contributed by atoms with Crippen LogP contribution < -0.4 is 16.4 Å². The van der Waals surface area contributed by atoms with Crippen LogP contribution in [-0.4, -0.2) is 38.7 Å². The predicted octanol–water partition coefficient (Wildman–Crippen LogP) is 0.736. The number of aryl methyl sites for hydroxylation is 1. The summed E-state index contributed by atoms with van der Waals surface area (Å²) in [6, 6.07) is 1.98. The second-order valence-corrected chi connectivity index (χ2v) is 7.48. The fraction of sp³-hybridized carbons (Fsp3) is 0.190. The van der Waals surface area contributed by atoms with E-state index in [9.17, 15) is 10.2 Å². The van der Waals surface area contributed by atoms with Crippen LogP contribution in [0.1, 0.15) is 31.0 Å². The molecule has 142 valence electrons. The first-order valence-corrected chi connectivity index (χ1v) is 9.75. The summed E-state index contributed by atoms with van der Waals surface area (Å²) >= 11 is 6.08. The van der Waals surface area contributed by atoms with E-state index in [-0.39, 0.29) is 11.5 Å². The van der Waals surface area contributed by atoms with Crippen molar-refractivity contribution in [3.05, 3.63) is 53.4 Å². The predicted molar refractivity (Wildman–Crippen MR) is 129 cm³/mol. The molecule has 2 aromatic rings. The molecular formula is C21H25B3ClNO2. The quantitative estimate of drug-likeness (QED) is 0.564. The number of benzene rings is 1. The Labute approximate surface area is 175 Å². The van der Waals surface area contributed by atoms with E-state index >= 15 is 0 Å². The fourth-order valence-corrected chi connectivity index (χ4v) is 3.39. The Morgan fingerprint density at radius 3 is 2.46 bits per heavy atom. The van der Waals surface area contributed by atoms with Crippen LogP contribution in [0.25, 0.3) is 16.7 Å². The molecule has 0 unspecified atom stereocenters. The van der Waals surface area contributed by atoms with E-state index < -0.39 is 0 Å². The van der Waals surface area contributed by atoms with Crippen molar-refractivity contribution in [2.45, 2.75) is 26.7 Å². The van der Waals surface area contributed by atoms with Gasteiger partial charge in [-0.25, -0.2) is 0 Å². The maximum atomic E-state index is 10.6. The molecule has 0 aliphatic rings. The first-order chi connectivity index (χ1) is 13.2. The standard InChI is InChI=1S/C21H25B3ClNO2/c1-4-6-13(25)8-5-7-11(2)15-9-12(3)14(10-26-15)16-17(22)18(23)21(28)19(24)20(16)27/h5-6,8-10,27-28H,2,4,7,22-24H2,1,3H3/b8-5-,13-6+. The number of nitrogens with zero attached hydrogens (tertiary/aromatic N) is 1. The van der Waals surface area contributed by atoms with Crippen molar-refractivity contribution in [3.63, 3.8) is 0 Å². The first-order valence-electron chi connectivity index (χ1n) is 9.38. The van der Waals surface area contributed by atoms with Crippen LogP contribution in [0.15, 0.2) is 42.1 Å². The third-order valence-corrected chi connectivity index (χ3v) is 5.30. The molecule has 0 bridgehead atoms. The lowest BCUT2D eigenvalue weighted by Crippen LogP contribution is -2.33. The van der Waals surface area contributed by atoms with Crippen LogP contribution >= 0.6 is 11.6 Å². The van der Waals surface area contributed by atoms with Gasteiger partial charge in [0.2, 0.25) is 0 Å². The van der Waals surface area contributed by atoms with Gasteiger partial charge in [0.15, 0.2) is 0 Å². The Morgan fingerprint density at radius 1 is 1.18 bits per heavy atom. The minimum atomic E-state index is 0.0948. The van der Waals surface area contributed by atoms with Gasteiger partial charge in [-0.05, 0) is 48.5 Å². The second kappa shape index (κ2) is 9.25. The van der Waals surface area contributed by atoms with E-state index in [2.05, 4.69) is 11.6 Å². The Balaban J connectivity index is 2.36. The average Bonchev–Trinajstić information content (AvgIpc) is 2.66. The molecule has 0 aliphatic carbocycles. The number of rotatable bonds is 6. The molecule has 0 spiro atoms. The van der Waals surface area contributed by atoms with Gasteiger partial charge in [-0.15, -0.1) is 0 Å². The van der Waals surface area contributed by atoms with Crippen LogP contribution in [0.2, 0.25) is 0 Å². The number of hydrogen-bond acceptors (Lipinski definition) is 3. The summed E-state index contributed by atoms with van der Waals surface area (Å²) in [4.78, 5) is 4.56. The number of phenolic OH excluding ortho intramolecular Hbond substituents is 2. The molecule has 0 saturated heterocycles. The summed E-state index contributed by atoms with van der Waals surface area (Å²) in [5, 5.41) is 21.5. The zero-order chi connectivity index (χ0) is 21.0. The van der Waals surface area contributed by atoms with Gasteiger partial charge in [-0.2, -0.15) is 0 Å². The van der Waals surface area contributed by atoms with Crippen molar-refractivity contribution < 1.29 is 10.2 Å². The molecule has 3 nitrogen and oxygen atoms in total. The smallest absolute Gasteiger partial charge is 0.149 e. The topological polar surface area (TPSA) is 53.4 Å². The Kier molecular flexibility index (Phi) is 7.25. The van der Waals surface area contributed by atoms with Crippen LogP contribution in [0.5, 0.6) is 11.5 Å². The zero-order valence-corrected chi connectivity index (χ0v) is 18.0. The zero-order valence-electron chi connectivity index (χ0n) is 17.2. The molecule has 0 radical (unpaired) electrons. The molecule has 0 aliphatic heterocycles. The maximum Gasteiger partial charge on any atom is 0.149 e. The van der Waals surface area contributed by atoms with Gasteiger partial charge in [0.25, 0.3) is 0 Å². The molecule has 28 heavy (non-hydrogen) atoms. The van der Waals surface area contributed by atoms with E-state index in [4.69, 9.17) is 11.6 Å². The molecule has 2 N–H and O–H groups in total. The van der Waals surface area contributed by atoms with E-state index in [0.717, 1.165) is 44.8 Å². The number of hydrogen-bond donors (Lipinski definition) is 2. The molecule has 0 amide bonds. The maximum absolute atomic E-state index is 10.6. The molecular weight excluding hydrogens is 366 g/mol. The summed E-state index contributed by atoms with van der Waals surface area (Å²) in [7, 11) is 5.46. The Bertz CT molecular complexity index is 955. The number of aromatic hydroxyl groups is 2. The van der Waals surface area contributed by atoms with Crippen molar-refractivity contribution in [3.8, 4) is 22.6 Å². The summed E-state index contributed by atoms with van der Waals surface area (Å²) in [6.45, 7) is 8.16. The van der Waals surface area contributed by atoms with E-state index in [1.807, 2.05) is 53.8 Å². The fourth-order valence-electron chi connectivity index (χ4n) is 3.15. The number of pyridine rings is 1. The lowest BCUT2D eigenvalue weighted by atomic mass is 9.71. The molecule has 0 fully saturated rings. The van der Waals surface area contributed by atoms with Crippen LogP contribution in [-0.2, 0) is 0 Å². The highest BCUT2D eigenvalue weighted by atomic mass is 35.5. The van der Waals surface area contributed by atoms with Crippen molar-refractivity contribution in [1.29, 1.82) is 0 Å². The van der Waals surface area contributed by atoms with Gasteiger partial charge >= 0.3 is 0 Å².